The Kier molecular flexibility index (Phi) is 8.78. The van der Waals surface area contributed by atoms with E-state index in [0.717, 1.165) is 42.5 Å². The van der Waals surface area contributed by atoms with E-state index in [-0.39, 0.29) is 0 Å². The van der Waals surface area contributed by atoms with Gasteiger partial charge in [0.05, 0.1) is 12.8 Å². The van der Waals surface area contributed by atoms with Crippen LogP contribution in [0.15, 0.2) is 77.4 Å². The van der Waals surface area contributed by atoms with Crippen LogP contribution in [-0.4, -0.2) is 41.1 Å². The van der Waals surface area contributed by atoms with E-state index in [1.807, 2.05) is 66.7 Å². The van der Waals surface area contributed by atoms with Gasteiger partial charge in [-0.05, 0) is 99.6 Å². The van der Waals surface area contributed by atoms with Gasteiger partial charge < -0.3 is 24.3 Å². The molecule has 0 bridgehead atoms. The van der Waals surface area contributed by atoms with E-state index < -0.39 is 0 Å². The van der Waals surface area contributed by atoms with Crippen LogP contribution in [0.5, 0.6) is 11.5 Å². The first-order chi connectivity index (χ1) is 16.3. The highest BCUT2D eigenvalue weighted by Crippen LogP contribution is 2.23. The molecule has 33 heavy (non-hydrogen) atoms. The number of nitrogens with one attached hydrogen (secondary N) is 1. The number of likely N-dealkylation sites (tertiary alicyclic amines) is 1. The normalized spacial score (nSPS) is 14.4. The maximum absolute atomic E-state index is 5.89. The number of para-hydroxylation sites is 1. The first-order valence-electron chi connectivity index (χ1n) is 11.9. The smallest absolute Gasteiger partial charge is 0.173 e. The number of furan rings is 1. The molecule has 4 rings (SSSR count). The monoisotopic (exact) mass is 463 g/mol. The van der Waals surface area contributed by atoms with Crippen LogP contribution in [0.2, 0.25) is 0 Å². The molecule has 1 aliphatic heterocycles. The Morgan fingerprint density at radius 3 is 2.33 bits per heavy atom. The molecule has 1 saturated heterocycles. The van der Waals surface area contributed by atoms with Crippen LogP contribution in [0.3, 0.4) is 0 Å². The molecule has 2 aromatic carbocycles. The van der Waals surface area contributed by atoms with Crippen LogP contribution in [0.25, 0.3) is 0 Å². The molecule has 174 valence electrons. The molecule has 0 unspecified atom stereocenters. The Morgan fingerprint density at radius 2 is 1.64 bits per heavy atom. The van der Waals surface area contributed by atoms with Crippen molar-refractivity contribution >= 4 is 23.0 Å². The second kappa shape index (κ2) is 12.4. The van der Waals surface area contributed by atoms with Crippen molar-refractivity contribution in [2.24, 2.45) is 0 Å². The first kappa shape index (κ1) is 23.3. The van der Waals surface area contributed by atoms with Gasteiger partial charge in [-0.15, -0.1) is 0 Å². The van der Waals surface area contributed by atoms with Gasteiger partial charge in [-0.3, -0.25) is 0 Å². The van der Waals surface area contributed by atoms with Gasteiger partial charge in [0.2, 0.25) is 0 Å². The molecular formula is C27H33N3O2S. The second-order valence-electron chi connectivity index (χ2n) is 8.48. The molecule has 1 aliphatic rings. The van der Waals surface area contributed by atoms with Gasteiger partial charge in [0.15, 0.2) is 5.11 Å². The lowest BCUT2D eigenvalue weighted by atomic mass is 10.2. The minimum Gasteiger partial charge on any atom is -0.467 e. The lowest BCUT2D eigenvalue weighted by Gasteiger charge is -2.27. The lowest BCUT2D eigenvalue weighted by molar-refractivity contribution is 0.262. The minimum absolute atomic E-state index is 0.661. The van der Waals surface area contributed by atoms with E-state index >= 15 is 0 Å². The molecule has 0 atom stereocenters. The van der Waals surface area contributed by atoms with Crippen molar-refractivity contribution in [1.82, 2.24) is 9.80 Å². The average molecular weight is 464 g/mol. The maximum atomic E-state index is 5.89. The van der Waals surface area contributed by atoms with Gasteiger partial charge in [-0.2, -0.15) is 0 Å². The van der Waals surface area contributed by atoms with E-state index in [2.05, 4.69) is 15.1 Å². The largest absolute Gasteiger partial charge is 0.467 e. The summed E-state index contributed by atoms with van der Waals surface area (Å²) < 4.78 is 11.5. The molecule has 1 fully saturated rings. The summed E-state index contributed by atoms with van der Waals surface area (Å²) in [5.41, 5.74) is 0.942. The fourth-order valence-corrected chi connectivity index (χ4v) is 4.40. The van der Waals surface area contributed by atoms with Crippen LogP contribution < -0.4 is 10.1 Å². The molecule has 0 saturated carbocycles. The van der Waals surface area contributed by atoms with Crippen LogP contribution in [0, 0.1) is 0 Å². The Bertz CT molecular complexity index is 953. The van der Waals surface area contributed by atoms with Crippen molar-refractivity contribution in [3.05, 3.63) is 78.8 Å². The molecule has 1 N–H and O–H groups in total. The Hall–Kier alpha value is -2.83. The van der Waals surface area contributed by atoms with Crippen LogP contribution in [0.4, 0.5) is 5.69 Å². The summed E-state index contributed by atoms with van der Waals surface area (Å²) in [5, 5.41) is 4.10. The highest BCUT2D eigenvalue weighted by Gasteiger charge is 2.14. The maximum Gasteiger partial charge on any atom is 0.173 e. The molecule has 6 heteroatoms. The third kappa shape index (κ3) is 7.62. The van der Waals surface area contributed by atoms with Crippen LogP contribution in [0.1, 0.15) is 37.9 Å². The van der Waals surface area contributed by atoms with Crippen molar-refractivity contribution in [3.8, 4) is 11.5 Å². The van der Waals surface area contributed by atoms with Gasteiger partial charge in [-0.25, -0.2) is 0 Å². The fraction of sp³-hybridized carbons (Fsp3) is 0.370. The van der Waals surface area contributed by atoms with Gasteiger partial charge in [0, 0.05) is 12.2 Å². The van der Waals surface area contributed by atoms with Gasteiger partial charge in [-0.1, -0.05) is 31.0 Å². The quantitative estimate of drug-likeness (QED) is 0.364. The molecule has 1 aromatic heterocycles. The molecule has 0 spiro atoms. The Balaban J connectivity index is 1.32. The summed E-state index contributed by atoms with van der Waals surface area (Å²) in [6, 6.07) is 21.6. The lowest BCUT2D eigenvalue weighted by Crippen LogP contribution is -2.37. The van der Waals surface area contributed by atoms with E-state index in [0.29, 0.717) is 11.7 Å². The zero-order chi connectivity index (χ0) is 22.7. The van der Waals surface area contributed by atoms with Crippen LogP contribution in [-0.2, 0) is 6.54 Å². The van der Waals surface area contributed by atoms with E-state index in [1.54, 1.807) is 6.26 Å². The van der Waals surface area contributed by atoms with Crippen molar-refractivity contribution in [2.75, 3.05) is 31.5 Å². The third-order valence-corrected chi connectivity index (χ3v) is 6.26. The molecule has 0 aliphatic carbocycles. The zero-order valence-corrected chi connectivity index (χ0v) is 19.9. The van der Waals surface area contributed by atoms with E-state index in [4.69, 9.17) is 21.4 Å². The molecule has 5 nitrogen and oxygen atoms in total. The summed E-state index contributed by atoms with van der Waals surface area (Å²) in [7, 11) is 0. The predicted octanol–water partition coefficient (Wildman–Crippen LogP) is 6.54. The summed E-state index contributed by atoms with van der Waals surface area (Å²) in [6.45, 7) is 5.10. The minimum atomic E-state index is 0.661. The molecule has 2 heterocycles. The van der Waals surface area contributed by atoms with Gasteiger partial charge in [0.25, 0.3) is 0 Å². The SMILES string of the molecule is S=C(Nc1ccc(Oc2ccccc2)cc1)N(CCCN1CCCCCC1)Cc1ccco1. The number of nitrogens with zero attached hydrogens (tertiary/aromatic N) is 2. The first-order valence-corrected chi connectivity index (χ1v) is 12.3. The number of ether oxygens (including phenoxy) is 1. The summed E-state index contributed by atoms with van der Waals surface area (Å²) in [5.74, 6) is 2.53. The van der Waals surface area contributed by atoms with E-state index in [1.165, 1.54) is 38.8 Å². The van der Waals surface area contributed by atoms with Crippen molar-refractivity contribution in [1.29, 1.82) is 0 Å². The fourth-order valence-electron chi connectivity index (χ4n) is 4.12. The number of hydrogen-bond acceptors (Lipinski definition) is 4. The molecule has 0 amide bonds. The molecular weight excluding hydrogens is 430 g/mol. The number of anilines is 1. The number of hydrogen-bond donors (Lipinski definition) is 1. The number of benzene rings is 2. The highest BCUT2D eigenvalue weighted by atomic mass is 32.1. The topological polar surface area (TPSA) is 40.9 Å². The van der Waals surface area contributed by atoms with Gasteiger partial charge >= 0.3 is 0 Å². The van der Waals surface area contributed by atoms with E-state index in [9.17, 15) is 0 Å². The third-order valence-electron chi connectivity index (χ3n) is 5.90. The van der Waals surface area contributed by atoms with Crippen LogP contribution >= 0.6 is 12.2 Å². The molecule has 3 aromatic rings. The van der Waals surface area contributed by atoms with Gasteiger partial charge in [0.1, 0.15) is 17.3 Å². The Labute approximate surface area is 202 Å². The average Bonchev–Trinajstić information content (AvgIpc) is 3.22. The highest BCUT2D eigenvalue weighted by molar-refractivity contribution is 7.80. The number of rotatable bonds is 9. The second-order valence-corrected chi connectivity index (χ2v) is 8.87. The summed E-state index contributed by atoms with van der Waals surface area (Å²) >= 11 is 5.79. The standard InChI is InChI=1S/C27H33N3O2S/c33-27(28-23-13-15-25(16-14-23)32-24-10-4-3-5-11-24)30(22-26-12-8-21-31-26)20-9-19-29-17-6-1-2-7-18-29/h3-5,8,10-16,21H,1-2,6-7,9,17-20,22H2,(H,28,33). The number of thiocarbonyl (C=S) groups is 1. The predicted molar refractivity (Wildman–Crippen MR) is 138 cm³/mol. The van der Waals surface area contributed by atoms with Crippen molar-refractivity contribution in [2.45, 2.75) is 38.6 Å². The summed E-state index contributed by atoms with van der Waals surface area (Å²) in [4.78, 5) is 4.79. The molecule has 0 radical (unpaired) electrons. The zero-order valence-electron chi connectivity index (χ0n) is 19.1. The van der Waals surface area contributed by atoms with Crippen molar-refractivity contribution in [3.63, 3.8) is 0 Å². The summed E-state index contributed by atoms with van der Waals surface area (Å²) in [6.07, 6.45) is 8.16. The Morgan fingerprint density at radius 1 is 0.909 bits per heavy atom. The van der Waals surface area contributed by atoms with Crippen molar-refractivity contribution < 1.29 is 9.15 Å².